The second-order valence-electron chi connectivity index (χ2n) is 4.75. The van der Waals surface area contributed by atoms with Crippen LogP contribution in [0.2, 0.25) is 0 Å². The van der Waals surface area contributed by atoms with E-state index >= 15 is 0 Å². The van der Waals surface area contributed by atoms with Crippen molar-refractivity contribution < 1.29 is 19.4 Å². The summed E-state index contributed by atoms with van der Waals surface area (Å²) >= 11 is 0. The number of carbonyl (C=O) groups excluding carboxylic acids is 1. The molecule has 1 rings (SSSR count). The van der Waals surface area contributed by atoms with Crippen LogP contribution in [-0.4, -0.2) is 23.7 Å². The van der Waals surface area contributed by atoms with E-state index in [0.29, 0.717) is 12.8 Å². The Hall–Kier alpha value is -1.32. The smallest absolute Gasteiger partial charge is 0.310 e. The fourth-order valence-electron chi connectivity index (χ4n) is 2.11. The maximum atomic E-state index is 11.8. The van der Waals surface area contributed by atoms with Crippen LogP contribution < -0.4 is 0 Å². The lowest BCUT2D eigenvalue weighted by Gasteiger charge is -2.26. The van der Waals surface area contributed by atoms with Crippen LogP contribution in [0.25, 0.3) is 0 Å². The number of ether oxygens (including phenoxy) is 1. The number of hydrogen-bond acceptors (Lipinski definition) is 3. The zero-order chi connectivity index (χ0) is 12.8. The fraction of sp³-hybridized carbons (Fsp3) is 0.692. The second kappa shape index (κ2) is 6.42. The Morgan fingerprint density at radius 2 is 1.82 bits per heavy atom. The van der Waals surface area contributed by atoms with E-state index in [1.54, 1.807) is 0 Å². The summed E-state index contributed by atoms with van der Waals surface area (Å²) in [6.45, 7) is 4.09. The third-order valence-electron chi connectivity index (χ3n) is 3.10. The Labute approximate surface area is 102 Å². The molecular formula is C13H20O4. The van der Waals surface area contributed by atoms with E-state index in [2.05, 4.69) is 0 Å². The molecule has 0 spiro atoms. The Morgan fingerprint density at radius 3 is 2.35 bits per heavy atom. The summed E-state index contributed by atoms with van der Waals surface area (Å²) in [5, 5.41) is 9.05. The van der Waals surface area contributed by atoms with Gasteiger partial charge in [-0.25, -0.2) is 0 Å². The van der Waals surface area contributed by atoms with Crippen LogP contribution in [0.3, 0.4) is 0 Å². The molecule has 0 heterocycles. The fourth-order valence-corrected chi connectivity index (χ4v) is 2.11. The molecule has 0 aliphatic heterocycles. The molecule has 96 valence electrons. The van der Waals surface area contributed by atoms with Gasteiger partial charge in [-0.1, -0.05) is 18.4 Å². The summed E-state index contributed by atoms with van der Waals surface area (Å²) in [5.74, 6) is -2.28. The van der Waals surface area contributed by atoms with Crippen molar-refractivity contribution >= 4 is 11.9 Å². The van der Waals surface area contributed by atoms with Crippen LogP contribution in [0.4, 0.5) is 0 Å². The van der Waals surface area contributed by atoms with Gasteiger partial charge in [-0.05, 0) is 32.8 Å². The third kappa shape index (κ3) is 4.21. The highest BCUT2D eigenvalue weighted by Crippen LogP contribution is 2.31. The van der Waals surface area contributed by atoms with Crippen molar-refractivity contribution in [1.82, 2.24) is 0 Å². The Morgan fingerprint density at radius 1 is 1.24 bits per heavy atom. The molecule has 1 saturated carbocycles. The van der Waals surface area contributed by atoms with Gasteiger partial charge in [0, 0.05) is 0 Å². The highest BCUT2D eigenvalue weighted by Gasteiger charge is 2.36. The van der Waals surface area contributed by atoms with Crippen LogP contribution in [0.1, 0.15) is 39.5 Å². The number of esters is 1. The number of hydrogen-bond donors (Lipinski definition) is 1. The summed E-state index contributed by atoms with van der Waals surface area (Å²) in [7, 11) is 0. The van der Waals surface area contributed by atoms with Crippen LogP contribution >= 0.6 is 0 Å². The zero-order valence-electron chi connectivity index (χ0n) is 10.4. The van der Waals surface area contributed by atoms with E-state index in [9.17, 15) is 9.59 Å². The molecule has 4 heteroatoms. The number of allylic oxidation sites excluding steroid dienone is 1. The standard InChI is InChI=1S/C13H20O4/c1-9(2)7-8-17-13(16)11-6-4-3-5-10(11)12(14)15/h7,10-11H,3-6,8H2,1-2H3,(H,14,15). The molecule has 1 aliphatic rings. The summed E-state index contributed by atoms with van der Waals surface area (Å²) in [4.78, 5) is 22.8. The van der Waals surface area contributed by atoms with Gasteiger partial charge in [0.05, 0.1) is 11.8 Å². The first kappa shape index (κ1) is 13.7. The highest BCUT2D eigenvalue weighted by molar-refractivity contribution is 5.81. The van der Waals surface area contributed by atoms with Gasteiger partial charge in [-0.15, -0.1) is 0 Å². The van der Waals surface area contributed by atoms with Crippen molar-refractivity contribution in [2.75, 3.05) is 6.61 Å². The number of rotatable bonds is 4. The van der Waals surface area contributed by atoms with E-state index < -0.39 is 17.8 Å². The average Bonchev–Trinajstić information content (AvgIpc) is 2.28. The summed E-state index contributed by atoms with van der Waals surface area (Å²) < 4.78 is 5.09. The summed E-state index contributed by atoms with van der Waals surface area (Å²) in [5.41, 5.74) is 1.08. The molecule has 0 radical (unpaired) electrons. The monoisotopic (exact) mass is 240 g/mol. The topological polar surface area (TPSA) is 63.6 Å². The molecule has 0 amide bonds. The lowest BCUT2D eigenvalue weighted by atomic mass is 9.79. The average molecular weight is 240 g/mol. The van der Waals surface area contributed by atoms with Gasteiger partial charge in [0.15, 0.2) is 0 Å². The van der Waals surface area contributed by atoms with E-state index in [4.69, 9.17) is 9.84 Å². The minimum atomic E-state index is -0.881. The Kier molecular flexibility index (Phi) is 5.19. The van der Waals surface area contributed by atoms with E-state index in [1.165, 1.54) is 0 Å². The zero-order valence-corrected chi connectivity index (χ0v) is 10.4. The quantitative estimate of drug-likeness (QED) is 0.605. The van der Waals surface area contributed by atoms with Gasteiger partial charge < -0.3 is 9.84 Å². The van der Waals surface area contributed by atoms with Gasteiger partial charge in [0.1, 0.15) is 6.61 Å². The van der Waals surface area contributed by atoms with Crippen LogP contribution in [0.5, 0.6) is 0 Å². The predicted octanol–water partition coefficient (Wildman–Crippen LogP) is 2.39. The van der Waals surface area contributed by atoms with E-state index in [-0.39, 0.29) is 12.6 Å². The van der Waals surface area contributed by atoms with Crippen LogP contribution in [-0.2, 0) is 14.3 Å². The summed E-state index contributed by atoms with van der Waals surface area (Å²) in [6, 6.07) is 0. The number of aliphatic carboxylic acids is 1. The number of carbonyl (C=O) groups is 2. The summed E-state index contributed by atoms with van der Waals surface area (Å²) in [6.07, 6.45) is 4.82. The van der Waals surface area contributed by atoms with Gasteiger partial charge >= 0.3 is 11.9 Å². The number of carboxylic acid groups (broad SMARTS) is 1. The molecule has 0 bridgehead atoms. The first-order chi connectivity index (χ1) is 8.02. The van der Waals surface area contributed by atoms with E-state index in [0.717, 1.165) is 18.4 Å². The van der Waals surface area contributed by atoms with Crippen molar-refractivity contribution in [2.24, 2.45) is 11.8 Å². The van der Waals surface area contributed by atoms with Gasteiger partial charge in [-0.2, -0.15) is 0 Å². The Balaban J connectivity index is 2.53. The van der Waals surface area contributed by atoms with Crippen molar-refractivity contribution in [3.8, 4) is 0 Å². The lowest BCUT2D eigenvalue weighted by Crippen LogP contribution is -2.33. The molecule has 2 unspecified atom stereocenters. The molecule has 17 heavy (non-hydrogen) atoms. The SMILES string of the molecule is CC(C)=CCOC(=O)C1CCCCC1C(=O)O. The predicted molar refractivity (Wildman–Crippen MR) is 63.5 cm³/mol. The number of carboxylic acids is 1. The largest absolute Gasteiger partial charge is 0.481 e. The first-order valence-corrected chi connectivity index (χ1v) is 6.05. The maximum absolute atomic E-state index is 11.8. The molecule has 0 aromatic rings. The van der Waals surface area contributed by atoms with Gasteiger partial charge in [0.25, 0.3) is 0 Å². The maximum Gasteiger partial charge on any atom is 0.310 e. The first-order valence-electron chi connectivity index (χ1n) is 6.05. The highest BCUT2D eigenvalue weighted by atomic mass is 16.5. The second-order valence-corrected chi connectivity index (χ2v) is 4.75. The van der Waals surface area contributed by atoms with Crippen molar-refractivity contribution in [3.05, 3.63) is 11.6 Å². The van der Waals surface area contributed by atoms with Crippen molar-refractivity contribution in [1.29, 1.82) is 0 Å². The minimum Gasteiger partial charge on any atom is -0.481 e. The van der Waals surface area contributed by atoms with Gasteiger partial charge in [-0.3, -0.25) is 9.59 Å². The normalized spacial score (nSPS) is 23.9. The van der Waals surface area contributed by atoms with E-state index in [1.807, 2.05) is 19.9 Å². The third-order valence-corrected chi connectivity index (χ3v) is 3.10. The van der Waals surface area contributed by atoms with Crippen LogP contribution in [0.15, 0.2) is 11.6 Å². The molecule has 0 aromatic carbocycles. The molecule has 1 N–H and O–H groups in total. The molecule has 1 fully saturated rings. The Bertz CT molecular complexity index is 315. The van der Waals surface area contributed by atoms with Crippen molar-refractivity contribution in [3.63, 3.8) is 0 Å². The lowest BCUT2D eigenvalue weighted by molar-refractivity contribution is -0.158. The molecule has 2 atom stereocenters. The molecule has 0 aromatic heterocycles. The van der Waals surface area contributed by atoms with Crippen LogP contribution in [0, 0.1) is 11.8 Å². The molecule has 1 aliphatic carbocycles. The molecule has 4 nitrogen and oxygen atoms in total. The van der Waals surface area contributed by atoms with Crippen molar-refractivity contribution in [2.45, 2.75) is 39.5 Å². The molecule has 0 saturated heterocycles. The minimum absolute atomic E-state index is 0.240. The van der Waals surface area contributed by atoms with Gasteiger partial charge in [0.2, 0.25) is 0 Å². The molecular weight excluding hydrogens is 220 g/mol.